The Labute approximate surface area is 121 Å². The normalized spacial score (nSPS) is 11.9. The van der Waals surface area contributed by atoms with Crippen LogP contribution in [0.5, 0.6) is 0 Å². The van der Waals surface area contributed by atoms with E-state index in [0.717, 1.165) is 5.56 Å². The number of carboxylic acid groups (broad SMARTS) is 1. The zero-order chi connectivity index (χ0) is 14.7. The number of carboxylic acids is 1. The monoisotopic (exact) mass is 291 g/mol. The van der Waals surface area contributed by atoms with Crippen LogP contribution in [-0.2, 0) is 0 Å². The zero-order valence-electron chi connectivity index (χ0n) is 11.1. The molecule has 0 fully saturated rings. The molecule has 0 saturated carbocycles. The molecule has 1 heterocycles. The van der Waals surface area contributed by atoms with Gasteiger partial charge in [0.15, 0.2) is 11.5 Å². The summed E-state index contributed by atoms with van der Waals surface area (Å²) < 4.78 is 0. The highest BCUT2D eigenvalue weighted by molar-refractivity contribution is 6.30. The summed E-state index contributed by atoms with van der Waals surface area (Å²) in [6.07, 6.45) is 2.84. The third-order valence-corrected chi connectivity index (χ3v) is 3.36. The van der Waals surface area contributed by atoms with Crippen LogP contribution in [-0.4, -0.2) is 28.1 Å². The van der Waals surface area contributed by atoms with Crippen LogP contribution >= 0.6 is 11.6 Å². The molecule has 1 N–H and O–H groups in total. The molecule has 20 heavy (non-hydrogen) atoms. The summed E-state index contributed by atoms with van der Waals surface area (Å²) in [4.78, 5) is 20.9. The van der Waals surface area contributed by atoms with Gasteiger partial charge in [0.2, 0.25) is 0 Å². The van der Waals surface area contributed by atoms with Crippen LogP contribution < -0.4 is 4.90 Å². The van der Waals surface area contributed by atoms with Gasteiger partial charge in [0.25, 0.3) is 0 Å². The number of carbonyl (C=O) groups is 1. The van der Waals surface area contributed by atoms with E-state index in [-0.39, 0.29) is 11.7 Å². The summed E-state index contributed by atoms with van der Waals surface area (Å²) in [6.45, 7) is 1.95. The molecule has 1 aromatic carbocycles. The Bertz CT molecular complexity index is 633. The SMILES string of the molecule is CC(c1cccc(Cl)c1)N(C)c1nccnc1C(=O)O. The molecule has 0 aliphatic heterocycles. The van der Waals surface area contributed by atoms with Gasteiger partial charge >= 0.3 is 5.97 Å². The summed E-state index contributed by atoms with van der Waals surface area (Å²) in [6, 6.07) is 7.35. The van der Waals surface area contributed by atoms with Gasteiger partial charge < -0.3 is 10.0 Å². The number of aromatic carboxylic acids is 1. The van der Waals surface area contributed by atoms with Crippen molar-refractivity contribution >= 4 is 23.4 Å². The molecule has 0 radical (unpaired) electrons. The lowest BCUT2D eigenvalue weighted by Gasteiger charge is -2.27. The highest BCUT2D eigenvalue weighted by Gasteiger charge is 2.20. The van der Waals surface area contributed by atoms with E-state index < -0.39 is 5.97 Å². The van der Waals surface area contributed by atoms with Crippen LogP contribution in [0.15, 0.2) is 36.7 Å². The minimum atomic E-state index is -1.10. The summed E-state index contributed by atoms with van der Waals surface area (Å²) in [5.74, 6) is -0.772. The number of nitrogens with zero attached hydrogens (tertiary/aromatic N) is 3. The van der Waals surface area contributed by atoms with E-state index in [2.05, 4.69) is 9.97 Å². The van der Waals surface area contributed by atoms with Gasteiger partial charge in [-0.25, -0.2) is 14.8 Å². The first kappa shape index (κ1) is 14.3. The van der Waals surface area contributed by atoms with Crippen molar-refractivity contribution in [3.63, 3.8) is 0 Å². The third-order valence-electron chi connectivity index (χ3n) is 3.13. The number of aromatic nitrogens is 2. The van der Waals surface area contributed by atoms with Crippen LogP contribution in [0.1, 0.15) is 29.0 Å². The summed E-state index contributed by atoms with van der Waals surface area (Å²) in [7, 11) is 1.78. The van der Waals surface area contributed by atoms with E-state index in [9.17, 15) is 4.79 Å². The number of anilines is 1. The van der Waals surface area contributed by atoms with Crippen molar-refractivity contribution in [2.24, 2.45) is 0 Å². The van der Waals surface area contributed by atoms with Crippen molar-refractivity contribution in [3.05, 3.63) is 52.9 Å². The molecule has 1 aromatic heterocycles. The van der Waals surface area contributed by atoms with Gasteiger partial charge in [0.1, 0.15) is 0 Å². The molecule has 0 saturated heterocycles. The average molecular weight is 292 g/mol. The molecule has 5 nitrogen and oxygen atoms in total. The molecule has 0 aliphatic carbocycles. The van der Waals surface area contributed by atoms with Gasteiger partial charge in [0, 0.05) is 24.5 Å². The van der Waals surface area contributed by atoms with Crippen LogP contribution in [0.4, 0.5) is 5.82 Å². The average Bonchev–Trinajstić information content (AvgIpc) is 2.45. The van der Waals surface area contributed by atoms with Crippen molar-refractivity contribution < 1.29 is 9.90 Å². The quantitative estimate of drug-likeness (QED) is 0.938. The van der Waals surface area contributed by atoms with Crippen molar-refractivity contribution in [2.45, 2.75) is 13.0 Å². The van der Waals surface area contributed by atoms with Gasteiger partial charge in [-0.05, 0) is 24.6 Å². The van der Waals surface area contributed by atoms with Crippen LogP contribution in [0, 0.1) is 0 Å². The highest BCUT2D eigenvalue weighted by atomic mass is 35.5. The van der Waals surface area contributed by atoms with Gasteiger partial charge in [-0.1, -0.05) is 23.7 Å². The molecule has 6 heteroatoms. The molecule has 0 amide bonds. The Kier molecular flexibility index (Phi) is 4.20. The predicted molar refractivity (Wildman–Crippen MR) is 77.3 cm³/mol. The van der Waals surface area contributed by atoms with Gasteiger partial charge in [0.05, 0.1) is 6.04 Å². The maximum absolute atomic E-state index is 11.2. The molecular weight excluding hydrogens is 278 g/mol. The molecule has 1 atom stereocenters. The maximum atomic E-state index is 11.2. The standard InChI is InChI=1S/C14H14ClN3O2/c1-9(10-4-3-5-11(15)8-10)18(2)13-12(14(19)20)16-6-7-17-13/h3-9H,1-2H3,(H,19,20). The van der Waals surface area contributed by atoms with E-state index in [4.69, 9.17) is 16.7 Å². The van der Waals surface area contributed by atoms with Crippen LogP contribution in [0.25, 0.3) is 0 Å². The molecule has 0 bridgehead atoms. The van der Waals surface area contributed by atoms with E-state index in [1.807, 2.05) is 25.1 Å². The number of halogens is 1. The lowest BCUT2D eigenvalue weighted by molar-refractivity contribution is 0.0690. The lowest BCUT2D eigenvalue weighted by Crippen LogP contribution is -2.25. The second-order valence-electron chi connectivity index (χ2n) is 4.38. The second kappa shape index (κ2) is 5.88. The largest absolute Gasteiger partial charge is 0.476 e. The first-order valence-electron chi connectivity index (χ1n) is 6.03. The first-order chi connectivity index (χ1) is 9.50. The molecule has 1 unspecified atom stereocenters. The van der Waals surface area contributed by atoms with E-state index in [1.165, 1.54) is 12.4 Å². The van der Waals surface area contributed by atoms with Gasteiger partial charge in [-0.2, -0.15) is 0 Å². The van der Waals surface area contributed by atoms with Crippen molar-refractivity contribution in [2.75, 3.05) is 11.9 Å². The summed E-state index contributed by atoms with van der Waals surface area (Å²) in [5.41, 5.74) is 0.908. The zero-order valence-corrected chi connectivity index (χ0v) is 11.9. The molecule has 2 aromatic rings. The van der Waals surface area contributed by atoms with E-state index in [1.54, 1.807) is 18.0 Å². The lowest BCUT2D eigenvalue weighted by atomic mass is 10.1. The molecule has 0 aliphatic rings. The Morgan fingerprint density at radius 2 is 2.05 bits per heavy atom. The smallest absolute Gasteiger partial charge is 0.358 e. The Hall–Kier alpha value is -2.14. The third kappa shape index (κ3) is 2.88. The van der Waals surface area contributed by atoms with Crippen molar-refractivity contribution in [1.82, 2.24) is 9.97 Å². The number of rotatable bonds is 4. The minimum absolute atomic E-state index is 0.0659. The van der Waals surface area contributed by atoms with Crippen LogP contribution in [0.3, 0.4) is 0 Å². The Morgan fingerprint density at radius 3 is 2.70 bits per heavy atom. The second-order valence-corrected chi connectivity index (χ2v) is 4.81. The fourth-order valence-electron chi connectivity index (χ4n) is 1.91. The Morgan fingerprint density at radius 1 is 1.35 bits per heavy atom. The maximum Gasteiger partial charge on any atom is 0.358 e. The first-order valence-corrected chi connectivity index (χ1v) is 6.41. The molecule has 2 rings (SSSR count). The van der Waals surface area contributed by atoms with Crippen LogP contribution in [0.2, 0.25) is 5.02 Å². The number of hydrogen-bond acceptors (Lipinski definition) is 4. The van der Waals surface area contributed by atoms with Gasteiger partial charge in [-0.3, -0.25) is 0 Å². The summed E-state index contributed by atoms with van der Waals surface area (Å²) >= 11 is 5.98. The number of benzene rings is 1. The summed E-state index contributed by atoms with van der Waals surface area (Å²) in [5, 5.41) is 9.80. The predicted octanol–water partition coefficient (Wildman–Crippen LogP) is 3.03. The van der Waals surface area contributed by atoms with Crippen molar-refractivity contribution in [3.8, 4) is 0 Å². The fraction of sp³-hybridized carbons (Fsp3) is 0.214. The minimum Gasteiger partial charge on any atom is -0.476 e. The Balaban J connectivity index is 2.36. The highest BCUT2D eigenvalue weighted by Crippen LogP contribution is 2.26. The molecule has 104 valence electrons. The molecule has 0 spiro atoms. The van der Waals surface area contributed by atoms with E-state index in [0.29, 0.717) is 10.8 Å². The van der Waals surface area contributed by atoms with E-state index >= 15 is 0 Å². The molecular formula is C14H14ClN3O2. The topological polar surface area (TPSA) is 66.3 Å². The van der Waals surface area contributed by atoms with Crippen molar-refractivity contribution in [1.29, 1.82) is 0 Å². The number of hydrogen-bond donors (Lipinski definition) is 1. The van der Waals surface area contributed by atoms with Gasteiger partial charge in [-0.15, -0.1) is 0 Å². The fourth-order valence-corrected chi connectivity index (χ4v) is 2.11.